The van der Waals surface area contributed by atoms with E-state index in [-0.39, 0.29) is 0 Å². The van der Waals surface area contributed by atoms with Crippen LogP contribution in [0.2, 0.25) is 0 Å². The van der Waals surface area contributed by atoms with E-state index in [1.165, 1.54) is 5.56 Å². The first-order valence-electron chi connectivity index (χ1n) is 9.85. The summed E-state index contributed by atoms with van der Waals surface area (Å²) in [5.74, 6) is 0.909. The predicted octanol–water partition coefficient (Wildman–Crippen LogP) is 4.22. The Morgan fingerprint density at radius 1 is 0.964 bits per heavy atom. The second-order valence-corrected chi connectivity index (χ2v) is 8.41. The minimum Gasteiger partial charge on any atom is -0.378 e. The fraction of sp³-hybridized carbons (Fsp3) is 0.364. The van der Waals surface area contributed by atoms with Crippen LogP contribution in [-0.4, -0.2) is 46.3 Å². The van der Waals surface area contributed by atoms with Crippen molar-refractivity contribution in [2.75, 3.05) is 31.2 Å². The molecule has 6 heteroatoms. The number of para-hydroxylation sites is 1. The Balaban J connectivity index is 1.53. The molecule has 0 bridgehead atoms. The van der Waals surface area contributed by atoms with Crippen LogP contribution < -0.4 is 4.90 Å². The molecule has 1 unspecified atom stereocenters. The van der Waals surface area contributed by atoms with Crippen molar-refractivity contribution >= 4 is 17.7 Å². The third kappa shape index (κ3) is 4.56. The van der Waals surface area contributed by atoms with Crippen molar-refractivity contribution < 1.29 is 4.74 Å². The van der Waals surface area contributed by atoms with Gasteiger partial charge in [0, 0.05) is 18.3 Å². The summed E-state index contributed by atoms with van der Waals surface area (Å²) < 4.78 is 7.70. The van der Waals surface area contributed by atoms with Crippen molar-refractivity contribution in [3.63, 3.8) is 0 Å². The Kier molecular flexibility index (Phi) is 6.29. The van der Waals surface area contributed by atoms with E-state index in [2.05, 4.69) is 81.2 Å². The van der Waals surface area contributed by atoms with E-state index >= 15 is 0 Å². The number of ether oxygens (including phenoxy) is 1. The fourth-order valence-electron chi connectivity index (χ4n) is 3.36. The Bertz CT molecular complexity index is 863. The van der Waals surface area contributed by atoms with Crippen molar-refractivity contribution in [2.45, 2.75) is 30.2 Å². The van der Waals surface area contributed by atoms with Gasteiger partial charge in [-0.1, -0.05) is 67.2 Å². The predicted molar refractivity (Wildman–Crippen MR) is 114 cm³/mol. The van der Waals surface area contributed by atoms with Crippen molar-refractivity contribution in [3.8, 4) is 5.69 Å². The van der Waals surface area contributed by atoms with E-state index in [4.69, 9.17) is 4.74 Å². The van der Waals surface area contributed by atoms with Gasteiger partial charge in [-0.25, -0.2) is 0 Å². The molecule has 1 atom stereocenters. The summed E-state index contributed by atoms with van der Waals surface area (Å²) >= 11 is 1.80. The summed E-state index contributed by atoms with van der Waals surface area (Å²) in [6.07, 6.45) is 2.17. The van der Waals surface area contributed by atoms with Gasteiger partial charge in [-0.15, -0.1) is 10.2 Å². The average Bonchev–Trinajstić information content (AvgIpc) is 3.17. The van der Waals surface area contributed by atoms with Gasteiger partial charge in [0.2, 0.25) is 5.95 Å². The lowest BCUT2D eigenvalue weighted by atomic mass is 10.1. The third-order valence-electron chi connectivity index (χ3n) is 4.91. The molecule has 0 amide bonds. The van der Waals surface area contributed by atoms with Gasteiger partial charge in [0.05, 0.1) is 18.9 Å². The molecule has 2 heterocycles. The highest BCUT2D eigenvalue weighted by molar-refractivity contribution is 7.99. The van der Waals surface area contributed by atoms with Crippen molar-refractivity contribution in [1.29, 1.82) is 0 Å². The van der Waals surface area contributed by atoms with Crippen molar-refractivity contribution in [2.24, 2.45) is 0 Å². The first-order chi connectivity index (χ1) is 13.8. The van der Waals surface area contributed by atoms with Gasteiger partial charge in [0.1, 0.15) is 0 Å². The van der Waals surface area contributed by atoms with Gasteiger partial charge in [0.15, 0.2) is 5.16 Å². The van der Waals surface area contributed by atoms with Crippen LogP contribution in [0, 0.1) is 0 Å². The topological polar surface area (TPSA) is 43.2 Å². The Hall–Kier alpha value is -2.31. The molecule has 28 heavy (non-hydrogen) atoms. The number of benzene rings is 2. The number of rotatable bonds is 7. The highest BCUT2D eigenvalue weighted by Gasteiger charge is 2.22. The number of morpholine rings is 1. The van der Waals surface area contributed by atoms with E-state index in [9.17, 15) is 0 Å². The molecule has 5 nitrogen and oxygen atoms in total. The number of aryl methyl sites for hydroxylation is 1. The monoisotopic (exact) mass is 394 g/mol. The molecule has 1 fully saturated rings. The lowest BCUT2D eigenvalue weighted by Gasteiger charge is -2.28. The Labute approximate surface area is 170 Å². The second kappa shape index (κ2) is 9.26. The standard InChI is InChI=1S/C22H26N4OS/c1-18(12-13-19-8-4-2-5-9-19)28-22-24-23-21(25-14-16-27-17-15-25)26(22)20-10-6-3-7-11-20/h2-11,18H,12-17H2,1H3. The number of aromatic nitrogens is 3. The minimum atomic E-state index is 0.449. The van der Waals surface area contributed by atoms with Gasteiger partial charge < -0.3 is 9.64 Å². The molecule has 4 rings (SSSR count). The van der Waals surface area contributed by atoms with Gasteiger partial charge in [-0.2, -0.15) is 0 Å². The third-order valence-corrected chi connectivity index (χ3v) is 6.03. The van der Waals surface area contributed by atoms with E-state index in [1.807, 2.05) is 6.07 Å². The Morgan fingerprint density at radius 2 is 1.64 bits per heavy atom. The lowest BCUT2D eigenvalue weighted by Crippen LogP contribution is -2.37. The van der Waals surface area contributed by atoms with E-state index in [0.29, 0.717) is 5.25 Å². The fourth-order valence-corrected chi connectivity index (χ4v) is 4.34. The number of anilines is 1. The Morgan fingerprint density at radius 3 is 2.36 bits per heavy atom. The number of thioether (sulfide) groups is 1. The molecule has 0 spiro atoms. The first-order valence-corrected chi connectivity index (χ1v) is 10.7. The minimum absolute atomic E-state index is 0.449. The average molecular weight is 395 g/mol. The highest BCUT2D eigenvalue weighted by atomic mass is 32.2. The molecule has 146 valence electrons. The van der Waals surface area contributed by atoms with Crippen LogP contribution in [0.1, 0.15) is 18.9 Å². The molecule has 0 radical (unpaired) electrons. The summed E-state index contributed by atoms with van der Waals surface area (Å²) in [5, 5.41) is 10.5. The van der Waals surface area contributed by atoms with Crippen LogP contribution in [0.5, 0.6) is 0 Å². The lowest BCUT2D eigenvalue weighted by molar-refractivity contribution is 0.122. The quantitative estimate of drug-likeness (QED) is 0.562. The van der Waals surface area contributed by atoms with Crippen LogP contribution in [0.15, 0.2) is 65.8 Å². The molecule has 0 N–H and O–H groups in total. The van der Waals surface area contributed by atoms with Crippen LogP contribution in [0.4, 0.5) is 5.95 Å². The molecule has 1 aromatic heterocycles. The second-order valence-electron chi connectivity index (χ2n) is 7.01. The molecule has 3 aromatic rings. The molecular formula is C22H26N4OS. The van der Waals surface area contributed by atoms with Gasteiger partial charge >= 0.3 is 0 Å². The zero-order valence-electron chi connectivity index (χ0n) is 16.2. The smallest absolute Gasteiger partial charge is 0.232 e. The number of nitrogens with zero attached hydrogens (tertiary/aromatic N) is 4. The van der Waals surface area contributed by atoms with Crippen LogP contribution >= 0.6 is 11.8 Å². The molecule has 1 aliphatic heterocycles. The number of hydrogen-bond acceptors (Lipinski definition) is 5. The van der Waals surface area contributed by atoms with Gasteiger partial charge in [0.25, 0.3) is 0 Å². The maximum Gasteiger partial charge on any atom is 0.232 e. The van der Waals surface area contributed by atoms with E-state index < -0.39 is 0 Å². The molecular weight excluding hydrogens is 368 g/mol. The largest absolute Gasteiger partial charge is 0.378 e. The van der Waals surface area contributed by atoms with Crippen LogP contribution in [0.3, 0.4) is 0 Å². The van der Waals surface area contributed by atoms with Crippen molar-refractivity contribution in [1.82, 2.24) is 14.8 Å². The highest BCUT2D eigenvalue weighted by Crippen LogP contribution is 2.31. The molecule has 0 aliphatic carbocycles. The summed E-state index contributed by atoms with van der Waals surface area (Å²) in [4.78, 5) is 2.27. The summed E-state index contributed by atoms with van der Waals surface area (Å²) in [6.45, 7) is 5.43. The molecule has 2 aromatic carbocycles. The number of hydrogen-bond donors (Lipinski definition) is 0. The summed E-state index contributed by atoms with van der Waals surface area (Å²) in [5.41, 5.74) is 2.49. The van der Waals surface area contributed by atoms with Crippen LogP contribution in [0.25, 0.3) is 5.69 Å². The normalized spacial score (nSPS) is 15.5. The zero-order valence-corrected chi connectivity index (χ0v) is 17.0. The maximum atomic E-state index is 5.51. The van der Waals surface area contributed by atoms with Gasteiger partial charge in [-0.05, 0) is 30.5 Å². The molecule has 1 saturated heterocycles. The van der Waals surface area contributed by atoms with E-state index in [0.717, 1.165) is 55.9 Å². The summed E-state index contributed by atoms with van der Waals surface area (Å²) in [6, 6.07) is 21.1. The zero-order chi connectivity index (χ0) is 19.2. The molecule has 1 aliphatic rings. The van der Waals surface area contributed by atoms with Gasteiger partial charge in [-0.3, -0.25) is 4.57 Å². The first kappa shape index (κ1) is 19.0. The van der Waals surface area contributed by atoms with Crippen molar-refractivity contribution in [3.05, 3.63) is 66.2 Å². The summed E-state index contributed by atoms with van der Waals surface area (Å²) in [7, 11) is 0. The van der Waals surface area contributed by atoms with E-state index in [1.54, 1.807) is 11.8 Å². The maximum absolute atomic E-state index is 5.51. The SMILES string of the molecule is CC(CCc1ccccc1)Sc1nnc(N2CCOCC2)n1-c1ccccc1. The van der Waals surface area contributed by atoms with Crippen LogP contribution in [-0.2, 0) is 11.2 Å². The molecule has 0 saturated carbocycles.